The number of fused-ring (bicyclic) bond motifs is 1. The van der Waals surface area contributed by atoms with Crippen molar-refractivity contribution in [2.75, 3.05) is 94.3 Å². The fourth-order valence-electron chi connectivity index (χ4n) is 6.25. The van der Waals surface area contributed by atoms with E-state index in [4.69, 9.17) is 19.2 Å². The van der Waals surface area contributed by atoms with E-state index in [1.807, 2.05) is 31.1 Å². The maximum absolute atomic E-state index is 15.8. The van der Waals surface area contributed by atoms with Gasteiger partial charge in [-0.25, -0.2) is 23.5 Å². The number of aromatic nitrogens is 3. The van der Waals surface area contributed by atoms with Crippen LogP contribution in [0.15, 0.2) is 42.7 Å². The lowest BCUT2D eigenvalue weighted by Gasteiger charge is -2.43. The molecule has 0 atom stereocenters. The number of anilines is 5. The predicted octanol–water partition coefficient (Wildman–Crippen LogP) is 3.80. The van der Waals surface area contributed by atoms with Gasteiger partial charge in [-0.3, -0.25) is 14.6 Å². The molecular weight excluding hydrogens is 652 g/mol. The summed E-state index contributed by atoms with van der Waals surface area (Å²) >= 11 is 0. The Balaban J connectivity index is 1.30. The Morgan fingerprint density at radius 2 is 1.74 bits per heavy atom. The number of amides is 3. The minimum Gasteiger partial charge on any atom is -0.493 e. The van der Waals surface area contributed by atoms with Gasteiger partial charge in [-0.05, 0) is 39.1 Å². The number of nitrogens with one attached hydrogen (secondary N) is 1. The van der Waals surface area contributed by atoms with Gasteiger partial charge in [0.25, 0.3) is 0 Å². The van der Waals surface area contributed by atoms with Gasteiger partial charge in [0.1, 0.15) is 17.3 Å². The summed E-state index contributed by atoms with van der Waals surface area (Å²) in [7, 11) is 6.33. The number of piperidine rings is 1. The van der Waals surface area contributed by atoms with Gasteiger partial charge in [-0.1, -0.05) is 6.08 Å². The standard InChI is InChI=1S/C34H41F2N9O5/c1-41(2)11-5-6-28(46)43-12-9-23(10-13-43)45-32-22(21-44(34(45)47)31-29(35)25(48-3)18-26(49-4)30(31)36)19-38-33(40-32)39-27-8-7-24(20-37-27)42-14-16-50-17-15-42/h5-8,18-20,23H,9-17,21H2,1-4H3,(H,37,38,39,40)/b6-5+. The number of hydrogen-bond acceptors (Lipinski definition) is 11. The molecular formula is C34H41F2N9O5. The first kappa shape index (κ1) is 34.8. The van der Waals surface area contributed by atoms with Crippen molar-refractivity contribution in [2.24, 2.45) is 0 Å². The first-order valence-electron chi connectivity index (χ1n) is 16.4. The Kier molecular flexibility index (Phi) is 10.6. The van der Waals surface area contributed by atoms with Crippen molar-refractivity contribution in [2.45, 2.75) is 25.4 Å². The van der Waals surface area contributed by atoms with Crippen molar-refractivity contribution >= 4 is 40.9 Å². The molecule has 6 rings (SSSR count). The summed E-state index contributed by atoms with van der Waals surface area (Å²) in [6, 6.07) is 3.74. The smallest absolute Gasteiger partial charge is 0.330 e. The molecule has 0 spiro atoms. The highest BCUT2D eigenvalue weighted by atomic mass is 19.1. The van der Waals surface area contributed by atoms with Crippen molar-refractivity contribution in [3.05, 3.63) is 59.9 Å². The van der Waals surface area contributed by atoms with Crippen LogP contribution >= 0.6 is 0 Å². The Hall–Kier alpha value is -5.09. The summed E-state index contributed by atoms with van der Waals surface area (Å²) in [5.74, 6) is -1.76. The van der Waals surface area contributed by atoms with Gasteiger partial charge in [-0.2, -0.15) is 4.98 Å². The van der Waals surface area contributed by atoms with E-state index in [0.717, 1.165) is 29.7 Å². The Labute approximate surface area is 289 Å². The van der Waals surface area contributed by atoms with Crippen molar-refractivity contribution in [1.29, 1.82) is 0 Å². The largest absolute Gasteiger partial charge is 0.493 e. The number of urea groups is 1. The zero-order valence-corrected chi connectivity index (χ0v) is 28.6. The molecule has 5 heterocycles. The van der Waals surface area contributed by atoms with Crippen molar-refractivity contribution in [3.8, 4) is 11.5 Å². The Bertz CT molecular complexity index is 1700. The SMILES string of the molecule is COc1cc(OC)c(F)c(N2Cc3cnc(Nc4ccc(N5CCOCC5)cn4)nc3N(C3CCN(C(=O)/C=C/CN(C)C)CC3)C2=O)c1F. The lowest BCUT2D eigenvalue weighted by Crippen LogP contribution is -2.56. The van der Waals surface area contributed by atoms with Gasteiger partial charge in [0.2, 0.25) is 11.9 Å². The molecule has 3 aromatic rings. The maximum atomic E-state index is 15.8. The van der Waals surface area contributed by atoms with E-state index in [1.54, 1.807) is 23.2 Å². The second kappa shape index (κ2) is 15.2. The predicted molar refractivity (Wildman–Crippen MR) is 183 cm³/mol. The molecule has 0 aliphatic carbocycles. The van der Waals surface area contributed by atoms with E-state index in [9.17, 15) is 9.59 Å². The third-order valence-electron chi connectivity index (χ3n) is 8.89. The Morgan fingerprint density at radius 1 is 1.04 bits per heavy atom. The highest BCUT2D eigenvalue weighted by Crippen LogP contribution is 2.41. The monoisotopic (exact) mass is 693 g/mol. The van der Waals surface area contributed by atoms with Crippen molar-refractivity contribution < 1.29 is 32.6 Å². The number of carbonyl (C=O) groups is 2. The van der Waals surface area contributed by atoms with Gasteiger partial charge >= 0.3 is 6.03 Å². The molecule has 0 saturated carbocycles. The first-order valence-corrected chi connectivity index (χ1v) is 16.4. The van der Waals surface area contributed by atoms with Crippen LogP contribution < -0.4 is 29.5 Å². The third kappa shape index (κ3) is 7.26. The summed E-state index contributed by atoms with van der Waals surface area (Å²) in [6.07, 6.45) is 7.47. The third-order valence-corrected chi connectivity index (χ3v) is 8.89. The van der Waals surface area contributed by atoms with Crippen LogP contribution in [-0.2, 0) is 16.1 Å². The van der Waals surface area contributed by atoms with Crippen LogP contribution in [-0.4, -0.2) is 117 Å². The van der Waals surface area contributed by atoms with Crippen LogP contribution in [0.2, 0.25) is 0 Å². The zero-order chi connectivity index (χ0) is 35.4. The molecule has 14 nitrogen and oxygen atoms in total. The number of hydrogen-bond donors (Lipinski definition) is 1. The van der Waals surface area contributed by atoms with Crippen molar-refractivity contribution in [1.82, 2.24) is 24.8 Å². The lowest BCUT2D eigenvalue weighted by molar-refractivity contribution is -0.127. The molecule has 16 heteroatoms. The number of morpholine rings is 1. The van der Waals surface area contributed by atoms with Gasteiger partial charge in [0.05, 0.1) is 45.9 Å². The molecule has 266 valence electrons. The van der Waals surface area contributed by atoms with E-state index < -0.39 is 29.4 Å². The molecule has 2 saturated heterocycles. The highest BCUT2D eigenvalue weighted by molar-refractivity contribution is 6.06. The molecule has 2 aromatic heterocycles. The average Bonchev–Trinajstić information content (AvgIpc) is 3.13. The van der Waals surface area contributed by atoms with Gasteiger partial charge in [0, 0.05) is 62.7 Å². The van der Waals surface area contributed by atoms with Crippen LogP contribution in [0.3, 0.4) is 0 Å². The normalized spacial score (nSPS) is 17.1. The summed E-state index contributed by atoms with van der Waals surface area (Å²) in [5.41, 5.74) is 0.831. The van der Waals surface area contributed by atoms with Crippen LogP contribution in [0.5, 0.6) is 11.5 Å². The number of benzene rings is 1. The van der Waals surface area contributed by atoms with Gasteiger partial charge < -0.3 is 34.2 Å². The number of likely N-dealkylation sites (tertiary alicyclic amines) is 1. The second-order valence-electron chi connectivity index (χ2n) is 12.4. The maximum Gasteiger partial charge on any atom is 0.330 e. The molecule has 0 bridgehead atoms. The van der Waals surface area contributed by atoms with E-state index in [-0.39, 0.29) is 29.9 Å². The van der Waals surface area contributed by atoms with Gasteiger partial charge in [0.15, 0.2) is 23.1 Å². The fraction of sp³-hybridized carbons (Fsp3) is 0.441. The number of nitrogens with zero attached hydrogens (tertiary/aromatic N) is 8. The molecule has 0 unspecified atom stereocenters. The molecule has 2 fully saturated rings. The molecule has 3 aliphatic rings. The first-order chi connectivity index (χ1) is 24.2. The van der Waals surface area contributed by atoms with Gasteiger partial charge in [-0.15, -0.1) is 0 Å². The Morgan fingerprint density at radius 3 is 2.36 bits per heavy atom. The fourth-order valence-corrected chi connectivity index (χ4v) is 6.25. The summed E-state index contributed by atoms with van der Waals surface area (Å²) in [4.78, 5) is 49.3. The van der Waals surface area contributed by atoms with Crippen LogP contribution in [0.4, 0.5) is 42.5 Å². The lowest BCUT2D eigenvalue weighted by atomic mass is 10.0. The number of rotatable bonds is 10. The number of pyridine rings is 1. The number of carbonyl (C=O) groups excluding carboxylic acids is 2. The van der Waals surface area contributed by atoms with Crippen LogP contribution in [0.25, 0.3) is 0 Å². The quantitative estimate of drug-likeness (QED) is 0.312. The number of ether oxygens (including phenoxy) is 3. The van der Waals surface area contributed by atoms with Crippen molar-refractivity contribution in [3.63, 3.8) is 0 Å². The van der Waals surface area contributed by atoms with E-state index >= 15 is 8.78 Å². The van der Waals surface area contributed by atoms with E-state index in [1.165, 1.54) is 25.3 Å². The van der Waals surface area contributed by atoms with E-state index in [0.29, 0.717) is 62.9 Å². The molecule has 1 N–H and O–H groups in total. The van der Waals surface area contributed by atoms with Crippen LogP contribution in [0, 0.1) is 11.6 Å². The summed E-state index contributed by atoms with van der Waals surface area (Å²) in [6.45, 7) is 4.03. The van der Waals surface area contributed by atoms with Crippen LogP contribution in [0.1, 0.15) is 18.4 Å². The molecule has 50 heavy (non-hydrogen) atoms. The summed E-state index contributed by atoms with van der Waals surface area (Å²) in [5, 5.41) is 3.12. The molecule has 1 aromatic carbocycles. The zero-order valence-electron chi connectivity index (χ0n) is 28.6. The minimum atomic E-state index is -1.04. The number of methoxy groups -OCH3 is 2. The number of likely N-dealkylation sites (N-methyl/N-ethyl adjacent to an activating group) is 1. The molecule has 0 radical (unpaired) electrons. The number of halogens is 2. The average molecular weight is 694 g/mol. The highest BCUT2D eigenvalue weighted by Gasteiger charge is 2.42. The minimum absolute atomic E-state index is 0.120. The summed E-state index contributed by atoms with van der Waals surface area (Å²) < 4.78 is 47.2. The molecule has 3 aliphatic heterocycles. The van der Waals surface area contributed by atoms with E-state index in [2.05, 4.69) is 20.2 Å². The second-order valence-corrected chi connectivity index (χ2v) is 12.4. The topological polar surface area (TPSA) is 129 Å². The molecule has 3 amide bonds.